The summed E-state index contributed by atoms with van der Waals surface area (Å²) in [4.78, 5) is 0. The summed E-state index contributed by atoms with van der Waals surface area (Å²) >= 11 is 0. The van der Waals surface area contributed by atoms with Crippen LogP contribution in [0.3, 0.4) is 0 Å². The van der Waals surface area contributed by atoms with Crippen LogP contribution in [0.2, 0.25) is 0 Å². The van der Waals surface area contributed by atoms with E-state index in [4.69, 9.17) is 10.4 Å². The molecular formula is C14H32NO3P. The molecule has 5 heteroatoms. The van der Waals surface area contributed by atoms with Crippen LogP contribution in [0.15, 0.2) is 0 Å². The molecule has 0 aromatic heterocycles. The first-order valence-corrected chi connectivity index (χ1v) is 9.53. The molecule has 0 saturated heterocycles. The standard InChI is InChI=1S/C14H32NO3P/c1-3-5-6-7-8-9-10-11-12-13-14-17-19(16,4-2)18-15/h3-15H2,1-2H3. The van der Waals surface area contributed by atoms with Crippen molar-refractivity contribution >= 4 is 7.60 Å². The molecule has 0 spiro atoms. The van der Waals surface area contributed by atoms with Gasteiger partial charge in [-0.25, -0.2) is 10.5 Å². The zero-order chi connectivity index (χ0) is 14.4. The van der Waals surface area contributed by atoms with Crippen LogP contribution in [0.5, 0.6) is 0 Å². The van der Waals surface area contributed by atoms with Crippen LogP contribution in [0.1, 0.15) is 78.1 Å². The summed E-state index contributed by atoms with van der Waals surface area (Å²) in [6.07, 6.45) is 13.1. The molecule has 0 aromatic rings. The van der Waals surface area contributed by atoms with E-state index in [1.54, 1.807) is 6.92 Å². The van der Waals surface area contributed by atoms with Gasteiger partial charge in [-0.3, -0.25) is 4.57 Å². The van der Waals surface area contributed by atoms with Crippen LogP contribution in [-0.2, 0) is 13.7 Å². The first-order valence-electron chi connectivity index (χ1n) is 7.80. The van der Waals surface area contributed by atoms with Gasteiger partial charge in [-0.2, -0.15) is 0 Å². The molecule has 0 aliphatic rings. The van der Waals surface area contributed by atoms with E-state index >= 15 is 0 Å². The Morgan fingerprint density at radius 1 is 0.842 bits per heavy atom. The molecule has 0 saturated carbocycles. The molecule has 19 heavy (non-hydrogen) atoms. The van der Waals surface area contributed by atoms with E-state index in [1.807, 2.05) is 0 Å². The summed E-state index contributed by atoms with van der Waals surface area (Å²) in [5.41, 5.74) is 0. The van der Waals surface area contributed by atoms with Gasteiger partial charge in [0.1, 0.15) is 0 Å². The molecule has 0 fully saturated rings. The van der Waals surface area contributed by atoms with Crippen LogP contribution in [-0.4, -0.2) is 12.8 Å². The SMILES string of the molecule is CCCCCCCCCCCCOP(=O)(CC)ON. The fourth-order valence-electron chi connectivity index (χ4n) is 1.99. The molecule has 0 aliphatic heterocycles. The van der Waals surface area contributed by atoms with Crippen molar-refractivity contribution in [2.75, 3.05) is 12.8 Å². The van der Waals surface area contributed by atoms with Crippen molar-refractivity contribution in [3.8, 4) is 0 Å². The third-order valence-electron chi connectivity index (χ3n) is 3.33. The minimum atomic E-state index is -2.98. The topological polar surface area (TPSA) is 61.5 Å². The summed E-state index contributed by atoms with van der Waals surface area (Å²) in [6, 6.07) is 0. The van der Waals surface area contributed by atoms with E-state index in [0.29, 0.717) is 12.8 Å². The van der Waals surface area contributed by atoms with Gasteiger partial charge in [-0.05, 0) is 6.42 Å². The first kappa shape index (κ1) is 19.1. The van der Waals surface area contributed by atoms with E-state index in [2.05, 4.69) is 11.5 Å². The summed E-state index contributed by atoms with van der Waals surface area (Å²) in [5.74, 6) is 4.96. The van der Waals surface area contributed by atoms with E-state index in [1.165, 1.54) is 51.4 Å². The Bertz CT molecular complexity index is 229. The van der Waals surface area contributed by atoms with Crippen molar-refractivity contribution in [1.29, 1.82) is 0 Å². The van der Waals surface area contributed by atoms with Gasteiger partial charge in [-0.1, -0.05) is 71.6 Å². The van der Waals surface area contributed by atoms with Crippen LogP contribution < -0.4 is 5.90 Å². The van der Waals surface area contributed by atoms with Gasteiger partial charge in [0.2, 0.25) is 0 Å². The van der Waals surface area contributed by atoms with Gasteiger partial charge in [0.25, 0.3) is 0 Å². The number of nitrogens with two attached hydrogens (primary N) is 1. The molecule has 4 nitrogen and oxygen atoms in total. The molecular weight excluding hydrogens is 261 g/mol. The maximum Gasteiger partial charge on any atom is 0.346 e. The Balaban J connectivity index is 3.21. The van der Waals surface area contributed by atoms with E-state index in [9.17, 15) is 4.57 Å². The largest absolute Gasteiger partial charge is 0.346 e. The number of unbranched alkanes of at least 4 members (excludes halogenated alkanes) is 9. The molecule has 0 radical (unpaired) electrons. The minimum absolute atomic E-state index is 0.335. The summed E-state index contributed by atoms with van der Waals surface area (Å²) in [7, 11) is -2.98. The Labute approximate surface area is 118 Å². The number of hydrogen-bond donors (Lipinski definition) is 1. The molecule has 2 N–H and O–H groups in total. The van der Waals surface area contributed by atoms with Gasteiger partial charge in [-0.15, -0.1) is 0 Å². The maximum atomic E-state index is 11.6. The first-order chi connectivity index (χ1) is 9.18. The maximum absolute atomic E-state index is 11.6. The van der Waals surface area contributed by atoms with E-state index in [0.717, 1.165) is 12.8 Å². The molecule has 0 rings (SSSR count). The van der Waals surface area contributed by atoms with Crippen LogP contribution in [0.4, 0.5) is 0 Å². The average molecular weight is 293 g/mol. The zero-order valence-electron chi connectivity index (χ0n) is 12.7. The lowest BCUT2D eigenvalue weighted by molar-refractivity contribution is 0.205. The molecule has 116 valence electrons. The van der Waals surface area contributed by atoms with Gasteiger partial charge in [0, 0.05) is 6.16 Å². The second-order valence-corrected chi connectivity index (χ2v) is 7.37. The Kier molecular flexibility index (Phi) is 13.2. The van der Waals surface area contributed by atoms with Crippen LogP contribution in [0.25, 0.3) is 0 Å². The summed E-state index contributed by atoms with van der Waals surface area (Å²) < 4.78 is 21.3. The van der Waals surface area contributed by atoms with Crippen molar-refractivity contribution in [1.82, 2.24) is 0 Å². The highest BCUT2D eigenvalue weighted by Crippen LogP contribution is 2.45. The highest BCUT2D eigenvalue weighted by Gasteiger charge is 2.19. The third-order valence-corrected chi connectivity index (χ3v) is 5.01. The van der Waals surface area contributed by atoms with E-state index < -0.39 is 7.60 Å². The second-order valence-electron chi connectivity index (χ2n) is 5.05. The molecule has 1 atom stereocenters. The Hall–Kier alpha value is 0.110. The lowest BCUT2D eigenvalue weighted by Crippen LogP contribution is -2.04. The fraction of sp³-hybridized carbons (Fsp3) is 1.00. The lowest BCUT2D eigenvalue weighted by atomic mass is 10.1. The number of hydrogen-bond acceptors (Lipinski definition) is 4. The fourth-order valence-corrected chi connectivity index (χ4v) is 2.79. The molecule has 0 aliphatic carbocycles. The molecule has 1 unspecified atom stereocenters. The van der Waals surface area contributed by atoms with Crippen molar-refractivity contribution in [2.45, 2.75) is 78.1 Å². The number of rotatable bonds is 14. The summed E-state index contributed by atoms with van der Waals surface area (Å²) in [5, 5.41) is 0. The highest BCUT2D eigenvalue weighted by molar-refractivity contribution is 7.53. The average Bonchev–Trinajstić information content (AvgIpc) is 2.44. The predicted molar refractivity (Wildman–Crippen MR) is 81.2 cm³/mol. The summed E-state index contributed by atoms with van der Waals surface area (Å²) in [6.45, 7) is 4.49. The van der Waals surface area contributed by atoms with Crippen molar-refractivity contribution in [3.63, 3.8) is 0 Å². The Morgan fingerprint density at radius 3 is 1.74 bits per heavy atom. The zero-order valence-corrected chi connectivity index (χ0v) is 13.6. The van der Waals surface area contributed by atoms with Crippen LogP contribution >= 0.6 is 7.60 Å². The highest BCUT2D eigenvalue weighted by atomic mass is 31.2. The van der Waals surface area contributed by atoms with Crippen LogP contribution in [0, 0.1) is 0 Å². The molecule has 0 heterocycles. The quantitative estimate of drug-likeness (QED) is 0.277. The van der Waals surface area contributed by atoms with Crippen molar-refractivity contribution < 1.29 is 13.7 Å². The van der Waals surface area contributed by atoms with Gasteiger partial charge >= 0.3 is 7.60 Å². The molecule has 0 bridgehead atoms. The monoisotopic (exact) mass is 293 g/mol. The Morgan fingerprint density at radius 2 is 1.32 bits per heavy atom. The van der Waals surface area contributed by atoms with Gasteiger partial charge in [0.05, 0.1) is 6.61 Å². The predicted octanol–water partition coefficient (Wildman–Crippen LogP) is 5.03. The molecule has 0 aromatic carbocycles. The normalized spacial score (nSPS) is 14.5. The van der Waals surface area contributed by atoms with Gasteiger partial charge in [0.15, 0.2) is 0 Å². The van der Waals surface area contributed by atoms with Gasteiger partial charge < -0.3 is 4.52 Å². The molecule has 0 amide bonds. The lowest BCUT2D eigenvalue weighted by Gasteiger charge is -2.13. The third kappa shape index (κ3) is 11.6. The minimum Gasteiger partial charge on any atom is -0.308 e. The van der Waals surface area contributed by atoms with E-state index in [-0.39, 0.29) is 0 Å². The van der Waals surface area contributed by atoms with Crippen molar-refractivity contribution in [3.05, 3.63) is 0 Å². The van der Waals surface area contributed by atoms with Crippen molar-refractivity contribution in [2.24, 2.45) is 5.90 Å². The smallest absolute Gasteiger partial charge is 0.308 e. The second kappa shape index (κ2) is 13.1.